The molecule has 0 spiro atoms. The van der Waals surface area contributed by atoms with Crippen LogP contribution in [0.5, 0.6) is 0 Å². The van der Waals surface area contributed by atoms with Crippen LogP contribution in [0.3, 0.4) is 0 Å². The van der Waals surface area contributed by atoms with E-state index in [1.165, 1.54) is 0 Å². The van der Waals surface area contributed by atoms with Crippen molar-refractivity contribution in [1.82, 2.24) is 0 Å². The summed E-state index contributed by atoms with van der Waals surface area (Å²) in [7, 11) is 0. The molecule has 0 aromatic rings. The molecule has 1 unspecified atom stereocenters. The molecule has 1 rings (SSSR count). The molecule has 0 amide bonds. The fourth-order valence-electron chi connectivity index (χ4n) is 0.727. The Bertz CT molecular complexity index is 138. The highest BCUT2D eigenvalue weighted by Gasteiger charge is 2.24. The quantitative estimate of drug-likeness (QED) is 0.417. The Labute approximate surface area is 51.3 Å². The minimum atomic E-state index is 0.422. The van der Waals surface area contributed by atoms with Crippen LogP contribution in [0, 0.1) is 23.2 Å². The highest BCUT2D eigenvalue weighted by atomic mass is 14.3. The van der Waals surface area contributed by atoms with Crippen molar-refractivity contribution in [2.45, 2.75) is 27.2 Å². The van der Waals surface area contributed by atoms with Crippen LogP contribution in [-0.4, -0.2) is 0 Å². The van der Waals surface area contributed by atoms with Crippen molar-refractivity contribution in [2.24, 2.45) is 11.3 Å². The molecule has 1 atom stereocenters. The van der Waals surface area contributed by atoms with Gasteiger partial charge in [0.25, 0.3) is 0 Å². The fraction of sp³-hybridized carbons (Fsp3) is 0.750. The van der Waals surface area contributed by atoms with Gasteiger partial charge in [-0.2, -0.15) is 0 Å². The molecule has 0 bridgehead atoms. The van der Waals surface area contributed by atoms with E-state index in [0.717, 1.165) is 6.42 Å². The van der Waals surface area contributed by atoms with Crippen molar-refractivity contribution in [1.29, 1.82) is 0 Å². The lowest BCUT2D eigenvalue weighted by atomic mass is 9.76. The first kappa shape index (κ1) is 5.69. The zero-order valence-electron chi connectivity index (χ0n) is 5.78. The van der Waals surface area contributed by atoms with Crippen LogP contribution >= 0.6 is 0 Å². The predicted molar refractivity (Wildman–Crippen MR) is 35.3 cm³/mol. The van der Waals surface area contributed by atoms with E-state index >= 15 is 0 Å². The summed E-state index contributed by atoms with van der Waals surface area (Å²) >= 11 is 0. The molecule has 0 fully saturated rings. The average molecular weight is 108 g/mol. The van der Waals surface area contributed by atoms with Crippen molar-refractivity contribution in [3.05, 3.63) is 0 Å². The molecule has 0 saturated carbocycles. The maximum atomic E-state index is 3.14. The molecule has 0 aromatic heterocycles. The predicted octanol–water partition coefficient (Wildman–Crippen LogP) is 2.06. The molecule has 0 N–H and O–H groups in total. The summed E-state index contributed by atoms with van der Waals surface area (Å²) in [5.74, 6) is 6.82. The fourth-order valence-corrected chi connectivity index (χ4v) is 0.727. The van der Waals surface area contributed by atoms with Crippen molar-refractivity contribution >= 4 is 0 Å². The van der Waals surface area contributed by atoms with Crippen LogP contribution in [-0.2, 0) is 0 Å². The second-order valence-corrected chi connectivity index (χ2v) is 3.44. The first-order valence-corrected chi connectivity index (χ1v) is 3.09. The van der Waals surface area contributed by atoms with Gasteiger partial charge >= 0.3 is 0 Å². The van der Waals surface area contributed by atoms with Crippen molar-refractivity contribution < 1.29 is 0 Å². The lowest BCUT2D eigenvalue weighted by molar-refractivity contribution is 0.296. The van der Waals surface area contributed by atoms with E-state index in [0.29, 0.717) is 11.3 Å². The molecule has 1 aliphatic carbocycles. The summed E-state index contributed by atoms with van der Waals surface area (Å²) in [5.41, 5.74) is 0.422. The molecule has 0 heterocycles. The van der Waals surface area contributed by atoms with E-state index < -0.39 is 0 Å². The third kappa shape index (κ3) is 0.865. The summed E-state index contributed by atoms with van der Waals surface area (Å²) in [6.07, 6.45) is 1.11. The number of rotatable bonds is 0. The third-order valence-corrected chi connectivity index (χ3v) is 1.63. The molecule has 0 aromatic carbocycles. The van der Waals surface area contributed by atoms with E-state index in [-0.39, 0.29) is 0 Å². The molecular formula is C8H12. The first-order valence-electron chi connectivity index (χ1n) is 3.09. The van der Waals surface area contributed by atoms with E-state index in [2.05, 4.69) is 32.6 Å². The van der Waals surface area contributed by atoms with Gasteiger partial charge in [0.1, 0.15) is 0 Å². The van der Waals surface area contributed by atoms with Crippen molar-refractivity contribution in [3.8, 4) is 11.8 Å². The van der Waals surface area contributed by atoms with E-state index in [1.807, 2.05) is 0 Å². The van der Waals surface area contributed by atoms with Gasteiger partial charge in [-0.25, -0.2) is 0 Å². The molecule has 0 saturated heterocycles. The zero-order chi connectivity index (χ0) is 6.20. The van der Waals surface area contributed by atoms with Gasteiger partial charge in [0.15, 0.2) is 0 Å². The van der Waals surface area contributed by atoms with Crippen LogP contribution in [0.15, 0.2) is 0 Å². The van der Waals surface area contributed by atoms with Crippen LogP contribution < -0.4 is 0 Å². The maximum Gasteiger partial charge on any atom is 0.0360 e. The zero-order valence-corrected chi connectivity index (χ0v) is 5.78. The van der Waals surface area contributed by atoms with Gasteiger partial charge in [0.2, 0.25) is 0 Å². The Kier molecular flexibility index (Phi) is 1.08. The molecule has 0 heteroatoms. The molecule has 1 aliphatic rings. The number of hydrogen-bond acceptors (Lipinski definition) is 0. The second-order valence-electron chi connectivity index (χ2n) is 3.44. The van der Waals surface area contributed by atoms with Crippen LogP contribution in [0.25, 0.3) is 0 Å². The average Bonchev–Trinajstić information content (AvgIpc) is 1.16. The van der Waals surface area contributed by atoms with E-state index in [4.69, 9.17) is 0 Å². The lowest BCUT2D eigenvalue weighted by Crippen LogP contribution is -2.22. The van der Waals surface area contributed by atoms with Gasteiger partial charge in [0.05, 0.1) is 0 Å². The topological polar surface area (TPSA) is 0 Å². The lowest BCUT2D eigenvalue weighted by Gasteiger charge is -2.28. The summed E-state index contributed by atoms with van der Waals surface area (Å²) in [6.45, 7) is 6.72. The normalized spacial score (nSPS) is 25.6. The Morgan fingerprint density at radius 1 is 1.38 bits per heavy atom. The number of hydrogen-bond donors (Lipinski definition) is 0. The SMILES string of the molecule is CC(C)(C)C1C#CC1. The van der Waals surface area contributed by atoms with E-state index in [9.17, 15) is 0 Å². The molecule has 44 valence electrons. The Hall–Kier alpha value is -0.440. The Balaban J connectivity index is 2.53. The summed E-state index contributed by atoms with van der Waals surface area (Å²) in [4.78, 5) is 0. The third-order valence-electron chi connectivity index (χ3n) is 1.63. The summed E-state index contributed by atoms with van der Waals surface area (Å²) in [5, 5.41) is 0. The Morgan fingerprint density at radius 3 is 1.88 bits per heavy atom. The summed E-state index contributed by atoms with van der Waals surface area (Å²) < 4.78 is 0. The van der Waals surface area contributed by atoms with Crippen LogP contribution in [0.4, 0.5) is 0 Å². The second kappa shape index (κ2) is 1.52. The van der Waals surface area contributed by atoms with Gasteiger partial charge in [0, 0.05) is 12.3 Å². The van der Waals surface area contributed by atoms with Gasteiger partial charge < -0.3 is 0 Å². The van der Waals surface area contributed by atoms with E-state index in [1.54, 1.807) is 0 Å². The van der Waals surface area contributed by atoms with Crippen molar-refractivity contribution in [3.63, 3.8) is 0 Å². The van der Waals surface area contributed by atoms with Gasteiger partial charge in [-0.05, 0) is 5.41 Å². The van der Waals surface area contributed by atoms with Gasteiger partial charge in [-0.3, -0.25) is 0 Å². The molecule has 8 heavy (non-hydrogen) atoms. The monoisotopic (exact) mass is 108 g/mol. The van der Waals surface area contributed by atoms with Crippen LogP contribution in [0.1, 0.15) is 27.2 Å². The smallest absolute Gasteiger partial charge is 0.0360 e. The standard InChI is InChI=1S/C8H12/c1-8(2,3)7-5-4-6-7/h7H,5H2,1-3H3. The van der Waals surface area contributed by atoms with Gasteiger partial charge in [-0.1, -0.05) is 26.7 Å². The Morgan fingerprint density at radius 2 is 1.88 bits per heavy atom. The highest BCUT2D eigenvalue weighted by molar-refractivity contribution is 5.19. The summed E-state index contributed by atoms with van der Waals surface area (Å²) in [6, 6.07) is 0. The van der Waals surface area contributed by atoms with Gasteiger partial charge in [-0.15, -0.1) is 5.92 Å². The largest absolute Gasteiger partial charge is 0.102 e. The highest BCUT2D eigenvalue weighted by Crippen LogP contribution is 2.30. The molecule has 0 aliphatic heterocycles. The molecule has 0 radical (unpaired) electrons. The minimum Gasteiger partial charge on any atom is -0.102 e. The molecule has 0 nitrogen and oxygen atoms in total. The van der Waals surface area contributed by atoms with Crippen molar-refractivity contribution in [2.75, 3.05) is 0 Å². The molecular weight excluding hydrogens is 96.1 g/mol. The minimum absolute atomic E-state index is 0.422. The first-order chi connectivity index (χ1) is 3.61. The van der Waals surface area contributed by atoms with Crippen LogP contribution in [0.2, 0.25) is 0 Å². The maximum absolute atomic E-state index is 3.14.